The Balaban J connectivity index is 1.87. The van der Waals surface area contributed by atoms with Crippen molar-refractivity contribution < 1.29 is 9.59 Å². The van der Waals surface area contributed by atoms with Gasteiger partial charge in [0, 0.05) is 23.3 Å². The molecule has 2 amide bonds. The topological polar surface area (TPSA) is 71.1 Å². The van der Waals surface area contributed by atoms with Crippen LogP contribution in [0.3, 0.4) is 0 Å². The SMILES string of the molecule is O=C1N[C@H](Cc2ccccn2)C(=O)Nc2cc(Cl)ccc21. The van der Waals surface area contributed by atoms with Gasteiger partial charge in [-0.1, -0.05) is 17.7 Å². The van der Waals surface area contributed by atoms with Gasteiger partial charge in [0.05, 0.1) is 11.3 Å². The second kappa shape index (κ2) is 5.54. The molecule has 0 unspecified atom stereocenters. The first-order chi connectivity index (χ1) is 10.1. The minimum atomic E-state index is -0.668. The summed E-state index contributed by atoms with van der Waals surface area (Å²) in [6.07, 6.45) is 1.99. The van der Waals surface area contributed by atoms with Gasteiger partial charge in [0.25, 0.3) is 5.91 Å². The molecule has 3 rings (SSSR count). The summed E-state index contributed by atoms with van der Waals surface area (Å²) in [6, 6.07) is 9.56. The van der Waals surface area contributed by atoms with Gasteiger partial charge in [-0.05, 0) is 30.3 Å². The van der Waals surface area contributed by atoms with Crippen LogP contribution in [0.25, 0.3) is 0 Å². The van der Waals surface area contributed by atoms with E-state index in [1.54, 1.807) is 30.5 Å². The van der Waals surface area contributed by atoms with E-state index in [2.05, 4.69) is 15.6 Å². The molecule has 21 heavy (non-hydrogen) atoms. The molecule has 0 fully saturated rings. The molecular formula is C15H12ClN3O2. The summed E-state index contributed by atoms with van der Waals surface area (Å²) < 4.78 is 0. The third-order valence-electron chi connectivity index (χ3n) is 3.25. The first-order valence-electron chi connectivity index (χ1n) is 6.44. The van der Waals surface area contributed by atoms with Crippen LogP contribution < -0.4 is 10.6 Å². The van der Waals surface area contributed by atoms with Gasteiger partial charge in [0.15, 0.2) is 0 Å². The fourth-order valence-corrected chi connectivity index (χ4v) is 2.38. The van der Waals surface area contributed by atoms with Crippen molar-refractivity contribution in [2.24, 2.45) is 0 Å². The number of halogens is 1. The molecule has 1 atom stereocenters. The Kier molecular flexibility index (Phi) is 3.58. The number of nitrogens with zero attached hydrogens (tertiary/aromatic N) is 1. The van der Waals surface area contributed by atoms with Crippen LogP contribution in [0.4, 0.5) is 5.69 Å². The molecule has 0 bridgehead atoms. The summed E-state index contributed by atoms with van der Waals surface area (Å²) in [5.41, 5.74) is 1.56. The van der Waals surface area contributed by atoms with Crippen LogP contribution in [-0.2, 0) is 11.2 Å². The molecule has 2 N–H and O–H groups in total. The highest BCUT2D eigenvalue weighted by Crippen LogP contribution is 2.23. The molecule has 1 aromatic carbocycles. The number of fused-ring (bicyclic) bond motifs is 1. The zero-order valence-corrected chi connectivity index (χ0v) is 11.7. The first kappa shape index (κ1) is 13.6. The van der Waals surface area contributed by atoms with Gasteiger partial charge < -0.3 is 10.6 Å². The molecule has 1 aliphatic heterocycles. The monoisotopic (exact) mass is 301 g/mol. The summed E-state index contributed by atoms with van der Waals surface area (Å²) in [5, 5.41) is 5.91. The Morgan fingerprint density at radius 1 is 1.19 bits per heavy atom. The van der Waals surface area contributed by atoms with Gasteiger partial charge in [0.2, 0.25) is 5.91 Å². The normalized spacial score (nSPS) is 17.5. The maximum Gasteiger partial charge on any atom is 0.254 e. The summed E-state index contributed by atoms with van der Waals surface area (Å²) >= 11 is 5.90. The van der Waals surface area contributed by atoms with Crippen molar-refractivity contribution in [2.45, 2.75) is 12.5 Å². The van der Waals surface area contributed by atoms with E-state index in [-0.39, 0.29) is 11.8 Å². The molecule has 0 saturated heterocycles. The number of hydrogen-bond acceptors (Lipinski definition) is 3. The quantitative estimate of drug-likeness (QED) is 0.891. The molecule has 0 radical (unpaired) electrons. The number of anilines is 1. The number of pyridine rings is 1. The van der Waals surface area contributed by atoms with Gasteiger partial charge in [-0.15, -0.1) is 0 Å². The Hall–Kier alpha value is -2.40. The Labute approximate surface area is 126 Å². The highest BCUT2D eigenvalue weighted by molar-refractivity contribution is 6.31. The van der Waals surface area contributed by atoms with Crippen LogP contribution in [-0.4, -0.2) is 22.8 Å². The van der Waals surface area contributed by atoms with Crippen molar-refractivity contribution in [2.75, 3.05) is 5.32 Å². The lowest BCUT2D eigenvalue weighted by Crippen LogP contribution is -2.42. The van der Waals surface area contributed by atoms with E-state index >= 15 is 0 Å². The molecular weight excluding hydrogens is 290 g/mol. The van der Waals surface area contributed by atoms with Crippen LogP contribution in [0.5, 0.6) is 0 Å². The Bertz CT molecular complexity index is 703. The van der Waals surface area contributed by atoms with Crippen LogP contribution in [0, 0.1) is 0 Å². The van der Waals surface area contributed by atoms with Gasteiger partial charge in [-0.2, -0.15) is 0 Å². The van der Waals surface area contributed by atoms with E-state index in [1.165, 1.54) is 0 Å². The number of amides is 2. The molecule has 2 heterocycles. The first-order valence-corrected chi connectivity index (χ1v) is 6.82. The highest BCUT2D eigenvalue weighted by Gasteiger charge is 2.28. The van der Waals surface area contributed by atoms with Crippen molar-refractivity contribution in [1.29, 1.82) is 0 Å². The second-order valence-corrected chi connectivity index (χ2v) is 5.17. The lowest BCUT2D eigenvalue weighted by molar-refractivity contribution is -0.117. The zero-order valence-electron chi connectivity index (χ0n) is 11.0. The van der Waals surface area contributed by atoms with Gasteiger partial charge in [-0.25, -0.2) is 0 Å². The number of rotatable bonds is 2. The molecule has 0 spiro atoms. The van der Waals surface area contributed by atoms with Crippen LogP contribution in [0.15, 0.2) is 42.6 Å². The Morgan fingerprint density at radius 3 is 2.81 bits per heavy atom. The maximum atomic E-state index is 12.2. The van der Waals surface area contributed by atoms with E-state index < -0.39 is 6.04 Å². The minimum Gasteiger partial charge on any atom is -0.340 e. The van der Waals surface area contributed by atoms with Crippen LogP contribution in [0.2, 0.25) is 5.02 Å². The summed E-state index contributed by atoms with van der Waals surface area (Å²) in [7, 11) is 0. The molecule has 0 saturated carbocycles. The number of carbonyl (C=O) groups excluding carboxylic acids is 2. The smallest absolute Gasteiger partial charge is 0.254 e. The maximum absolute atomic E-state index is 12.2. The van der Waals surface area contributed by atoms with Crippen molar-refractivity contribution in [1.82, 2.24) is 10.3 Å². The predicted octanol–water partition coefficient (Wildman–Crippen LogP) is 2.03. The lowest BCUT2D eigenvalue weighted by Gasteiger charge is -2.13. The van der Waals surface area contributed by atoms with Crippen LogP contribution in [0.1, 0.15) is 16.1 Å². The van der Waals surface area contributed by atoms with Gasteiger partial charge in [0.1, 0.15) is 6.04 Å². The third kappa shape index (κ3) is 2.87. The molecule has 1 aromatic heterocycles. The van der Waals surface area contributed by atoms with Crippen molar-refractivity contribution in [3.05, 3.63) is 58.9 Å². The summed E-state index contributed by atoms with van der Waals surface area (Å²) in [4.78, 5) is 28.6. The molecule has 6 heteroatoms. The highest BCUT2D eigenvalue weighted by atomic mass is 35.5. The number of hydrogen-bond donors (Lipinski definition) is 2. The molecule has 106 valence electrons. The van der Waals surface area contributed by atoms with E-state index in [0.29, 0.717) is 22.7 Å². The fraction of sp³-hybridized carbons (Fsp3) is 0.133. The third-order valence-corrected chi connectivity index (χ3v) is 3.48. The van der Waals surface area contributed by atoms with E-state index in [9.17, 15) is 9.59 Å². The molecule has 5 nitrogen and oxygen atoms in total. The Morgan fingerprint density at radius 2 is 2.05 bits per heavy atom. The van der Waals surface area contributed by atoms with Crippen molar-refractivity contribution in [3.8, 4) is 0 Å². The molecule has 2 aromatic rings. The zero-order chi connectivity index (χ0) is 14.8. The predicted molar refractivity (Wildman–Crippen MR) is 79.3 cm³/mol. The molecule has 0 aliphatic carbocycles. The average molecular weight is 302 g/mol. The summed E-state index contributed by atoms with van der Waals surface area (Å²) in [6.45, 7) is 0. The molecule has 1 aliphatic rings. The number of aromatic nitrogens is 1. The largest absolute Gasteiger partial charge is 0.340 e. The van der Waals surface area contributed by atoms with E-state index in [0.717, 1.165) is 5.69 Å². The van der Waals surface area contributed by atoms with Crippen molar-refractivity contribution in [3.63, 3.8) is 0 Å². The van der Waals surface area contributed by atoms with E-state index in [1.807, 2.05) is 12.1 Å². The second-order valence-electron chi connectivity index (χ2n) is 4.73. The number of nitrogens with one attached hydrogen (secondary N) is 2. The summed E-state index contributed by atoms with van der Waals surface area (Å²) in [5.74, 6) is -0.587. The number of benzene rings is 1. The van der Waals surface area contributed by atoms with Gasteiger partial charge in [-0.3, -0.25) is 14.6 Å². The fourth-order valence-electron chi connectivity index (χ4n) is 2.21. The lowest BCUT2D eigenvalue weighted by atomic mass is 10.1. The van der Waals surface area contributed by atoms with Gasteiger partial charge >= 0.3 is 0 Å². The minimum absolute atomic E-state index is 0.282. The van der Waals surface area contributed by atoms with E-state index in [4.69, 9.17) is 11.6 Å². The standard InChI is InChI=1S/C15H12ClN3O2/c16-9-4-5-11-12(7-9)18-15(21)13(19-14(11)20)8-10-3-1-2-6-17-10/h1-7,13H,8H2,(H,18,21)(H,19,20)/t13-/m1/s1. The number of carbonyl (C=O) groups is 2. The average Bonchev–Trinajstić information content (AvgIpc) is 2.57. The van der Waals surface area contributed by atoms with Crippen LogP contribution >= 0.6 is 11.6 Å². The van der Waals surface area contributed by atoms with Crippen molar-refractivity contribution >= 4 is 29.1 Å².